The smallest absolute Gasteiger partial charge is 0.295 e. The van der Waals surface area contributed by atoms with Crippen molar-refractivity contribution in [2.75, 3.05) is 5.73 Å². The lowest BCUT2D eigenvalue weighted by Gasteiger charge is -2.31. The molecule has 0 bridgehead atoms. The Morgan fingerprint density at radius 2 is 1.72 bits per heavy atom. The fraction of sp³-hybridized carbons (Fsp3) is 0.333. The third kappa shape index (κ3) is 3.76. The van der Waals surface area contributed by atoms with Crippen LogP contribution in [0.1, 0.15) is 38.1 Å². The molecule has 7 nitrogen and oxygen atoms in total. The lowest BCUT2D eigenvalue weighted by molar-refractivity contribution is -0.384. The second kappa shape index (κ2) is 7.29. The zero-order chi connectivity index (χ0) is 18.7. The van der Waals surface area contributed by atoms with Gasteiger partial charge in [-0.3, -0.25) is 14.9 Å². The summed E-state index contributed by atoms with van der Waals surface area (Å²) in [7, 11) is 0. The molecule has 0 atom stereocenters. The van der Waals surface area contributed by atoms with Gasteiger partial charge in [0.1, 0.15) is 5.82 Å². The third-order valence-corrected chi connectivity index (χ3v) is 3.85. The van der Waals surface area contributed by atoms with Crippen LogP contribution in [-0.4, -0.2) is 32.8 Å². The molecule has 0 fully saturated rings. The molecular formula is C18H22N4O3. The van der Waals surface area contributed by atoms with Gasteiger partial charge in [0, 0.05) is 29.3 Å². The highest BCUT2D eigenvalue weighted by molar-refractivity contribution is 6.01. The van der Waals surface area contributed by atoms with Crippen LogP contribution in [0.4, 0.5) is 11.5 Å². The monoisotopic (exact) mass is 342 g/mol. The van der Waals surface area contributed by atoms with Gasteiger partial charge in [-0.15, -0.1) is 0 Å². The maximum Gasteiger partial charge on any atom is 0.295 e. The molecule has 2 rings (SSSR count). The van der Waals surface area contributed by atoms with Crippen molar-refractivity contribution in [3.63, 3.8) is 0 Å². The minimum absolute atomic E-state index is 0.00987. The highest BCUT2D eigenvalue weighted by Crippen LogP contribution is 2.32. The molecular weight excluding hydrogens is 320 g/mol. The zero-order valence-corrected chi connectivity index (χ0v) is 14.8. The van der Waals surface area contributed by atoms with Crippen molar-refractivity contribution >= 4 is 17.4 Å². The third-order valence-electron chi connectivity index (χ3n) is 3.85. The first kappa shape index (κ1) is 18.4. The van der Waals surface area contributed by atoms with Crippen molar-refractivity contribution in [3.8, 4) is 11.3 Å². The van der Waals surface area contributed by atoms with Gasteiger partial charge in [0.2, 0.25) is 0 Å². The maximum absolute atomic E-state index is 13.1. The Bertz CT molecular complexity index is 795. The van der Waals surface area contributed by atoms with Crippen LogP contribution in [0.25, 0.3) is 11.3 Å². The van der Waals surface area contributed by atoms with Gasteiger partial charge in [-0.1, -0.05) is 18.2 Å². The second-order valence-corrected chi connectivity index (χ2v) is 6.31. The molecule has 0 aliphatic rings. The van der Waals surface area contributed by atoms with E-state index in [1.165, 1.54) is 12.1 Å². The van der Waals surface area contributed by atoms with E-state index in [2.05, 4.69) is 4.98 Å². The number of hydrogen-bond donors (Lipinski definition) is 1. The molecule has 0 radical (unpaired) electrons. The van der Waals surface area contributed by atoms with Gasteiger partial charge in [0.25, 0.3) is 11.6 Å². The molecule has 1 aromatic heterocycles. The first-order valence-electron chi connectivity index (χ1n) is 8.07. The molecule has 0 aliphatic carbocycles. The van der Waals surface area contributed by atoms with Crippen LogP contribution >= 0.6 is 0 Å². The van der Waals surface area contributed by atoms with E-state index in [1.54, 1.807) is 29.2 Å². The van der Waals surface area contributed by atoms with Crippen molar-refractivity contribution in [1.82, 2.24) is 9.88 Å². The van der Waals surface area contributed by atoms with E-state index < -0.39 is 4.92 Å². The van der Waals surface area contributed by atoms with Crippen LogP contribution in [0, 0.1) is 10.1 Å². The molecule has 0 saturated heterocycles. The van der Waals surface area contributed by atoms with Crippen molar-refractivity contribution in [2.45, 2.75) is 39.8 Å². The minimum atomic E-state index is -0.522. The summed E-state index contributed by atoms with van der Waals surface area (Å²) in [5.41, 5.74) is 6.40. The molecule has 0 aliphatic heterocycles. The predicted octanol–water partition coefficient (Wildman–Crippen LogP) is 3.50. The van der Waals surface area contributed by atoms with Crippen LogP contribution in [0.5, 0.6) is 0 Å². The summed E-state index contributed by atoms with van der Waals surface area (Å²) >= 11 is 0. The lowest BCUT2D eigenvalue weighted by Crippen LogP contribution is -2.42. The van der Waals surface area contributed by atoms with E-state index in [0.717, 1.165) is 0 Å². The highest BCUT2D eigenvalue weighted by atomic mass is 16.6. The van der Waals surface area contributed by atoms with Gasteiger partial charge in [0.05, 0.1) is 4.92 Å². The van der Waals surface area contributed by atoms with E-state index in [4.69, 9.17) is 5.73 Å². The van der Waals surface area contributed by atoms with Crippen LogP contribution in [0.3, 0.4) is 0 Å². The summed E-state index contributed by atoms with van der Waals surface area (Å²) in [4.78, 5) is 29.8. The zero-order valence-electron chi connectivity index (χ0n) is 14.8. The average Bonchev–Trinajstić information content (AvgIpc) is 2.53. The second-order valence-electron chi connectivity index (χ2n) is 6.31. The fourth-order valence-corrected chi connectivity index (χ4v) is 2.89. The number of nitrogens with two attached hydrogens (primary N) is 1. The molecule has 2 N–H and O–H groups in total. The van der Waals surface area contributed by atoms with Gasteiger partial charge in [0.15, 0.2) is 5.69 Å². The van der Waals surface area contributed by atoms with Crippen LogP contribution < -0.4 is 5.73 Å². The molecule has 0 unspecified atom stereocenters. The predicted molar refractivity (Wildman–Crippen MR) is 97.2 cm³/mol. The van der Waals surface area contributed by atoms with Crippen molar-refractivity contribution < 1.29 is 9.72 Å². The quantitative estimate of drug-likeness (QED) is 0.662. The first-order valence-corrected chi connectivity index (χ1v) is 8.07. The van der Waals surface area contributed by atoms with Crippen molar-refractivity contribution in [1.29, 1.82) is 0 Å². The Hall–Kier alpha value is -2.96. The molecule has 1 heterocycles. The van der Waals surface area contributed by atoms with Gasteiger partial charge in [-0.2, -0.15) is 0 Å². The summed E-state index contributed by atoms with van der Waals surface area (Å²) in [5, 5.41) is 11.4. The molecule has 0 saturated carbocycles. The molecule has 25 heavy (non-hydrogen) atoms. The Kier molecular flexibility index (Phi) is 5.36. The maximum atomic E-state index is 13.1. The summed E-state index contributed by atoms with van der Waals surface area (Å²) in [6.45, 7) is 7.73. The largest absolute Gasteiger partial charge is 0.384 e. The number of nitro groups is 1. The van der Waals surface area contributed by atoms with Gasteiger partial charge in [-0.05, 0) is 39.8 Å². The number of rotatable bonds is 5. The number of nitrogens with zero attached hydrogens (tertiary/aromatic N) is 3. The van der Waals surface area contributed by atoms with Gasteiger partial charge >= 0.3 is 0 Å². The number of anilines is 1. The van der Waals surface area contributed by atoms with Gasteiger partial charge in [-0.25, -0.2) is 4.98 Å². The molecule has 0 spiro atoms. The number of aromatic nitrogens is 1. The summed E-state index contributed by atoms with van der Waals surface area (Å²) in [6, 6.07) is 9.42. The minimum Gasteiger partial charge on any atom is -0.384 e. The molecule has 2 aromatic rings. The molecule has 132 valence electrons. The van der Waals surface area contributed by atoms with Crippen LogP contribution in [0.15, 0.2) is 36.4 Å². The summed E-state index contributed by atoms with van der Waals surface area (Å²) in [6.07, 6.45) is 0. The highest BCUT2D eigenvalue weighted by Gasteiger charge is 2.27. The number of carbonyl (C=O) groups is 1. The SMILES string of the molecule is CC(C)N(C(=O)c1ccccc1-c1nc(N)ccc1[N+](=O)[O-])C(C)C. The van der Waals surface area contributed by atoms with E-state index in [9.17, 15) is 14.9 Å². The summed E-state index contributed by atoms with van der Waals surface area (Å²) in [5.74, 6) is -0.0356. The number of pyridine rings is 1. The Morgan fingerprint density at radius 3 is 2.28 bits per heavy atom. The Morgan fingerprint density at radius 1 is 1.12 bits per heavy atom. The van der Waals surface area contributed by atoms with E-state index in [1.807, 2.05) is 27.7 Å². The number of amides is 1. The lowest BCUT2D eigenvalue weighted by atomic mass is 10.0. The topological polar surface area (TPSA) is 102 Å². The molecule has 1 aromatic carbocycles. The standard InChI is InChI=1S/C18H22N4O3/c1-11(2)21(12(3)4)18(23)14-8-6-5-7-13(14)17-15(22(24)25)9-10-16(19)20-17/h5-12H,1-4H3,(H2,19,20). The van der Waals surface area contributed by atoms with E-state index >= 15 is 0 Å². The van der Waals surface area contributed by atoms with Gasteiger partial charge < -0.3 is 10.6 Å². The van der Waals surface area contributed by atoms with E-state index in [-0.39, 0.29) is 35.2 Å². The first-order chi connectivity index (χ1) is 11.7. The number of benzene rings is 1. The summed E-state index contributed by atoms with van der Waals surface area (Å²) < 4.78 is 0. The normalized spacial score (nSPS) is 11.0. The van der Waals surface area contributed by atoms with Crippen molar-refractivity contribution in [2.24, 2.45) is 0 Å². The molecule has 7 heteroatoms. The van der Waals surface area contributed by atoms with E-state index in [0.29, 0.717) is 11.1 Å². The van der Waals surface area contributed by atoms with Crippen molar-refractivity contribution in [3.05, 3.63) is 52.1 Å². The van der Waals surface area contributed by atoms with Crippen LogP contribution in [-0.2, 0) is 0 Å². The molecule has 1 amide bonds. The number of nitrogen functional groups attached to an aromatic ring is 1. The average molecular weight is 342 g/mol. The number of carbonyl (C=O) groups excluding carboxylic acids is 1. The Balaban J connectivity index is 2.66. The fourth-order valence-electron chi connectivity index (χ4n) is 2.89. The number of hydrogen-bond acceptors (Lipinski definition) is 5. The Labute approximate surface area is 146 Å². The van der Waals surface area contributed by atoms with Crippen LogP contribution in [0.2, 0.25) is 0 Å².